The van der Waals surface area contributed by atoms with Gasteiger partial charge >= 0.3 is 0 Å². The lowest BCUT2D eigenvalue weighted by Crippen LogP contribution is -2.55. The minimum Gasteiger partial charge on any atom is -0.307 e. The quantitative estimate of drug-likeness (QED) is 0.332. The molecule has 9 heteroatoms. The molecule has 174 valence electrons. The molecule has 2 aromatic carbocycles. The number of fused-ring (bicyclic) bond motifs is 2. The summed E-state index contributed by atoms with van der Waals surface area (Å²) in [6.45, 7) is 0. The van der Waals surface area contributed by atoms with E-state index >= 15 is 0 Å². The molecule has 1 unspecified atom stereocenters. The standard InChI is InChI=1S/C26H21N5O4/c32-23(15-18-16-30-13-7-6-12-22(30)27-18)28-29-24(33)21(14-17-8-2-1-3-9-17)31-25(34)19-10-4-5-11-20(19)26(31)35/h1-13,16,21H,14-15H2,(H,28,32)(H,29,33). The predicted molar refractivity (Wildman–Crippen MR) is 126 cm³/mol. The Morgan fingerprint density at radius 3 is 2.17 bits per heavy atom. The minimum absolute atomic E-state index is 0.0572. The molecule has 35 heavy (non-hydrogen) atoms. The molecule has 0 aliphatic carbocycles. The third-order valence-corrected chi connectivity index (χ3v) is 5.79. The molecule has 3 heterocycles. The van der Waals surface area contributed by atoms with Crippen molar-refractivity contribution in [1.82, 2.24) is 25.1 Å². The zero-order valence-corrected chi connectivity index (χ0v) is 18.5. The van der Waals surface area contributed by atoms with Gasteiger partial charge < -0.3 is 4.40 Å². The van der Waals surface area contributed by atoms with Gasteiger partial charge in [0.05, 0.1) is 23.2 Å². The maximum absolute atomic E-state index is 13.2. The van der Waals surface area contributed by atoms with E-state index in [1.807, 2.05) is 42.6 Å². The highest BCUT2D eigenvalue weighted by atomic mass is 16.2. The van der Waals surface area contributed by atoms with Gasteiger partial charge in [-0.3, -0.25) is 34.9 Å². The third-order valence-electron chi connectivity index (χ3n) is 5.79. The number of nitrogens with zero attached hydrogens (tertiary/aromatic N) is 3. The topological polar surface area (TPSA) is 113 Å². The van der Waals surface area contributed by atoms with E-state index in [0.717, 1.165) is 10.5 Å². The second kappa shape index (κ2) is 9.22. The molecule has 4 aromatic rings. The summed E-state index contributed by atoms with van der Waals surface area (Å²) in [5, 5.41) is 0. The van der Waals surface area contributed by atoms with Crippen LogP contribution in [0.25, 0.3) is 5.65 Å². The van der Waals surface area contributed by atoms with Crippen molar-refractivity contribution >= 4 is 29.3 Å². The maximum atomic E-state index is 13.2. The number of benzene rings is 2. The Morgan fingerprint density at radius 1 is 0.829 bits per heavy atom. The van der Waals surface area contributed by atoms with Crippen molar-refractivity contribution in [3.63, 3.8) is 0 Å². The van der Waals surface area contributed by atoms with Crippen molar-refractivity contribution in [2.75, 3.05) is 0 Å². The molecule has 0 bridgehead atoms. The van der Waals surface area contributed by atoms with Crippen molar-refractivity contribution in [3.8, 4) is 0 Å². The Hall–Kier alpha value is -4.79. The number of nitrogens with one attached hydrogen (secondary N) is 2. The molecule has 0 saturated carbocycles. The van der Waals surface area contributed by atoms with Gasteiger partial charge in [0.2, 0.25) is 5.91 Å². The summed E-state index contributed by atoms with van der Waals surface area (Å²) in [6, 6.07) is 19.9. The first-order chi connectivity index (χ1) is 17.0. The van der Waals surface area contributed by atoms with Gasteiger partial charge in [0.25, 0.3) is 17.7 Å². The van der Waals surface area contributed by atoms with E-state index in [-0.39, 0.29) is 24.0 Å². The van der Waals surface area contributed by atoms with Crippen LogP contribution < -0.4 is 10.9 Å². The summed E-state index contributed by atoms with van der Waals surface area (Å²) in [7, 11) is 0. The lowest BCUT2D eigenvalue weighted by molar-refractivity contribution is -0.130. The van der Waals surface area contributed by atoms with Gasteiger partial charge in [-0.05, 0) is 29.8 Å². The van der Waals surface area contributed by atoms with Crippen LogP contribution in [0.2, 0.25) is 0 Å². The monoisotopic (exact) mass is 467 g/mol. The van der Waals surface area contributed by atoms with E-state index in [1.165, 1.54) is 0 Å². The first kappa shape index (κ1) is 22.0. The number of hydrogen-bond acceptors (Lipinski definition) is 5. The first-order valence-electron chi connectivity index (χ1n) is 11.0. The lowest BCUT2D eigenvalue weighted by Gasteiger charge is -2.25. The van der Waals surface area contributed by atoms with Crippen LogP contribution >= 0.6 is 0 Å². The van der Waals surface area contributed by atoms with E-state index in [2.05, 4.69) is 15.8 Å². The number of hydrazine groups is 1. The number of aromatic nitrogens is 2. The van der Waals surface area contributed by atoms with E-state index < -0.39 is 29.7 Å². The van der Waals surface area contributed by atoms with Crippen LogP contribution in [0, 0.1) is 0 Å². The van der Waals surface area contributed by atoms with Gasteiger partial charge in [-0.25, -0.2) is 4.98 Å². The zero-order chi connectivity index (χ0) is 24.4. The molecule has 1 aliphatic heterocycles. The summed E-state index contributed by atoms with van der Waals surface area (Å²) in [6.07, 6.45) is 3.59. The Kier molecular flexibility index (Phi) is 5.80. The van der Waals surface area contributed by atoms with Gasteiger partial charge in [-0.2, -0.15) is 0 Å². The van der Waals surface area contributed by atoms with Gasteiger partial charge in [-0.15, -0.1) is 0 Å². The summed E-state index contributed by atoms with van der Waals surface area (Å²) >= 11 is 0. The Bertz CT molecular complexity index is 1380. The average Bonchev–Trinajstić information content (AvgIpc) is 3.39. The molecule has 0 fully saturated rings. The van der Waals surface area contributed by atoms with Gasteiger partial charge in [0, 0.05) is 18.8 Å². The zero-order valence-electron chi connectivity index (χ0n) is 18.5. The molecule has 2 aromatic heterocycles. The Labute approximate surface area is 200 Å². The molecule has 2 N–H and O–H groups in total. The van der Waals surface area contributed by atoms with Crippen molar-refractivity contribution in [1.29, 1.82) is 0 Å². The number of imidazole rings is 1. The summed E-state index contributed by atoms with van der Waals surface area (Å²) in [5.41, 5.74) is 7.26. The lowest BCUT2D eigenvalue weighted by atomic mass is 10.0. The maximum Gasteiger partial charge on any atom is 0.262 e. The molecule has 0 spiro atoms. The van der Waals surface area contributed by atoms with Crippen molar-refractivity contribution < 1.29 is 19.2 Å². The fraction of sp³-hybridized carbons (Fsp3) is 0.115. The SMILES string of the molecule is O=C(Cc1cn2ccccc2n1)NNC(=O)C(Cc1ccccc1)N1C(=O)c2ccccc2C1=O. The normalized spacial score (nSPS) is 13.5. The third kappa shape index (κ3) is 4.39. The van der Waals surface area contributed by atoms with Crippen LogP contribution in [0.5, 0.6) is 0 Å². The summed E-state index contributed by atoms with van der Waals surface area (Å²) in [5.74, 6) is -2.25. The number of amides is 4. The fourth-order valence-corrected chi connectivity index (χ4v) is 4.13. The molecular formula is C26H21N5O4. The Balaban J connectivity index is 1.32. The van der Waals surface area contributed by atoms with Crippen molar-refractivity contribution in [2.45, 2.75) is 18.9 Å². The summed E-state index contributed by atoms with van der Waals surface area (Å²) in [4.78, 5) is 57.1. The molecule has 1 atom stereocenters. The van der Waals surface area contributed by atoms with Gasteiger partial charge in [-0.1, -0.05) is 48.5 Å². The average molecular weight is 467 g/mol. The number of pyridine rings is 1. The van der Waals surface area contributed by atoms with Crippen LogP contribution in [0.1, 0.15) is 32.0 Å². The van der Waals surface area contributed by atoms with E-state index in [1.54, 1.807) is 47.0 Å². The minimum atomic E-state index is -1.15. The van der Waals surface area contributed by atoms with Crippen LogP contribution in [0.15, 0.2) is 85.2 Å². The molecule has 0 saturated heterocycles. The number of rotatable bonds is 6. The number of imide groups is 1. The second-order valence-corrected chi connectivity index (χ2v) is 8.14. The van der Waals surface area contributed by atoms with Crippen LogP contribution in [0.4, 0.5) is 0 Å². The highest BCUT2D eigenvalue weighted by Gasteiger charge is 2.42. The van der Waals surface area contributed by atoms with E-state index in [9.17, 15) is 19.2 Å². The van der Waals surface area contributed by atoms with E-state index in [0.29, 0.717) is 11.3 Å². The molecule has 9 nitrogen and oxygen atoms in total. The van der Waals surface area contributed by atoms with E-state index in [4.69, 9.17) is 0 Å². The van der Waals surface area contributed by atoms with Gasteiger partial charge in [0.1, 0.15) is 11.7 Å². The van der Waals surface area contributed by atoms with Gasteiger partial charge in [0.15, 0.2) is 0 Å². The molecular weight excluding hydrogens is 446 g/mol. The molecule has 0 radical (unpaired) electrons. The van der Waals surface area contributed by atoms with Crippen LogP contribution in [-0.4, -0.2) is 44.0 Å². The van der Waals surface area contributed by atoms with Crippen LogP contribution in [0.3, 0.4) is 0 Å². The fourth-order valence-electron chi connectivity index (χ4n) is 4.13. The van der Waals surface area contributed by atoms with Crippen LogP contribution in [-0.2, 0) is 22.4 Å². The molecule has 1 aliphatic rings. The molecule has 4 amide bonds. The van der Waals surface area contributed by atoms with Crippen molar-refractivity contribution in [2.24, 2.45) is 0 Å². The molecule has 5 rings (SSSR count). The number of hydrogen-bond donors (Lipinski definition) is 2. The summed E-state index contributed by atoms with van der Waals surface area (Å²) < 4.78 is 1.79. The largest absolute Gasteiger partial charge is 0.307 e. The number of carbonyl (C=O) groups excluding carboxylic acids is 4. The first-order valence-corrected chi connectivity index (χ1v) is 11.0. The second-order valence-electron chi connectivity index (χ2n) is 8.14. The highest BCUT2D eigenvalue weighted by Crippen LogP contribution is 2.26. The van der Waals surface area contributed by atoms with Crippen molar-refractivity contribution in [3.05, 3.63) is 108 Å². The smallest absolute Gasteiger partial charge is 0.262 e. The predicted octanol–water partition coefficient (Wildman–Crippen LogP) is 1.93. The Morgan fingerprint density at radius 2 is 1.49 bits per heavy atom. The highest BCUT2D eigenvalue weighted by molar-refractivity contribution is 6.22. The number of carbonyl (C=O) groups is 4.